The SMILES string of the molecule is C=CCN1C(=O)/C(=C\c2cc(Br)c(OCc3ccc(F)cc3)c(OC)c2)SC1=S. The van der Waals surface area contributed by atoms with E-state index in [2.05, 4.69) is 22.5 Å². The summed E-state index contributed by atoms with van der Waals surface area (Å²) in [6.07, 6.45) is 3.40. The van der Waals surface area contributed by atoms with Gasteiger partial charge in [0.15, 0.2) is 11.5 Å². The lowest BCUT2D eigenvalue weighted by molar-refractivity contribution is -0.121. The topological polar surface area (TPSA) is 38.8 Å². The van der Waals surface area contributed by atoms with E-state index in [9.17, 15) is 9.18 Å². The highest BCUT2D eigenvalue weighted by molar-refractivity contribution is 9.10. The Balaban J connectivity index is 1.83. The Morgan fingerprint density at radius 1 is 1.31 bits per heavy atom. The highest BCUT2D eigenvalue weighted by atomic mass is 79.9. The summed E-state index contributed by atoms with van der Waals surface area (Å²) in [4.78, 5) is 14.5. The van der Waals surface area contributed by atoms with Crippen molar-refractivity contribution in [1.82, 2.24) is 4.90 Å². The van der Waals surface area contributed by atoms with E-state index < -0.39 is 0 Å². The summed E-state index contributed by atoms with van der Waals surface area (Å²) in [7, 11) is 1.54. The monoisotopic (exact) mass is 493 g/mol. The normalized spacial score (nSPS) is 15.1. The fourth-order valence-electron chi connectivity index (χ4n) is 2.64. The molecule has 0 aliphatic carbocycles. The summed E-state index contributed by atoms with van der Waals surface area (Å²) in [5.74, 6) is 0.587. The van der Waals surface area contributed by atoms with E-state index in [4.69, 9.17) is 21.7 Å². The van der Waals surface area contributed by atoms with Crippen molar-refractivity contribution < 1.29 is 18.7 Å². The number of thioether (sulfide) groups is 1. The van der Waals surface area contributed by atoms with Crippen molar-refractivity contribution in [2.24, 2.45) is 0 Å². The van der Waals surface area contributed by atoms with Crippen molar-refractivity contribution in [2.45, 2.75) is 6.61 Å². The van der Waals surface area contributed by atoms with Crippen molar-refractivity contribution in [3.63, 3.8) is 0 Å². The van der Waals surface area contributed by atoms with Gasteiger partial charge in [-0.25, -0.2) is 4.39 Å². The summed E-state index contributed by atoms with van der Waals surface area (Å²) in [6, 6.07) is 9.71. The number of carbonyl (C=O) groups excluding carboxylic acids is 1. The van der Waals surface area contributed by atoms with E-state index in [0.717, 1.165) is 11.1 Å². The zero-order valence-electron chi connectivity index (χ0n) is 15.5. The number of carbonyl (C=O) groups is 1. The Hall–Kier alpha value is -2.16. The first kappa shape index (κ1) is 21.5. The molecule has 0 unspecified atom stereocenters. The average Bonchev–Trinajstić information content (AvgIpc) is 2.96. The predicted octanol–water partition coefficient (Wildman–Crippen LogP) is 5.56. The molecule has 0 bridgehead atoms. The van der Waals surface area contributed by atoms with Gasteiger partial charge in [-0.1, -0.05) is 42.2 Å². The first-order valence-corrected chi connectivity index (χ1v) is 10.6. The quantitative estimate of drug-likeness (QED) is 0.286. The minimum absolute atomic E-state index is 0.147. The maximum absolute atomic E-state index is 13.0. The van der Waals surface area contributed by atoms with Gasteiger partial charge >= 0.3 is 0 Å². The van der Waals surface area contributed by atoms with Crippen LogP contribution in [0.5, 0.6) is 11.5 Å². The summed E-state index contributed by atoms with van der Waals surface area (Å²) >= 11 is 10.0. The number of amides is 1. The number of thiocarbonyl (C=S) groups is 1. The molecule has 0 aromatic heterocycles. The largest absolute Gasteiger partial charge is 0.493 e. The van der Waals surface area contributed by atoms with Gasteiger partial charge in [0.25, 0.3) is 5.91 Å². The molecule has 2 aromatic rings. The third-order valence-electron chi connectivity index (χ3n) is 4.03. The van der Waals surface area contributed by atoms with Crippen LogP contribution >= 0.6 is 39.9 Å². The number of ether oxygens (including phenoxy) is 2. The van der Waals surface area contributed by atoms with Crippen molar-refractivity contribution in [3.05, 3.63) is 75.4 Å². The number of benzene rings is 2. The fraction of sp³-hybridized carbons (Fsp3) is 0.143. The zero-order valence-corrected chi connectivity index (χ0v) is 18.7. The van der Waals surface area contributed by atoms with Gasteiger partial charge in [0.2, 0.25) is 0 Å². The van der Waals surface area contributed by atoms with Crippen LogP contribution < -0.4 is 9.47 Å². The highest BCUT2D eigenvalue weighted by Gasteiger charge is 2.31. The van der Waals surface area contributed by atoms with E-state index in [-0.39, 0.29) is 18.3 Å². The van der Waals surface area contributed by atoms with Crippen LogP contribution in [0.1, 0.15) is 11.1 Å². The van der Waals surface area contributed by atoms with Crippen molar-refractivity contribution >= 4 is 56.2 Å². The average molecular weight is 494 g/mol. The van der Waals surface area contributed by atoms with Gasteiger partial charge in [0.1, 0.15) is 16.7 Å². The van der Waals surface area contributed by atoms with E-state index in [0.29, 0.717) is 31.7 Å². The second-order valence-electron chi connectivity index (χ2n) is 6.03. The summed E-state index contributed by atoms with van der Waals surface area (Å²) < 4.78 is 25.6. The molecule has 2 aromatic carbocycles. The lowest BCUT2D eigenvalue weighted by Gasteiger charge is -2.14. The Bertz CT molecular complexity index is 992. The third kappa shape index (κ3) is 5.07. The van der Waals surface area contributed by atoms with E-state index in [1.54, 1.807) is 37.5 Å². The van der Waals surface area contributed by atoms with Crippen molar-refractivity contribution in [2.75, 3.05) is 13.7 Å². The minimum Gasteiger partial charge on any atom is -0.493 e. The molecule has 4 nitrogen and oxygen atoms in total. The van der Waals surface area contributed by atoms with Crippen LogP contribution in [0.2, 0.25) is 0 Å². The molecular weight excluding hydrogens is 477 g/mol. The molecule has 1 aliphatic rings. The second-order valence-corrected chi connectivity index (χ2v) is 8.56. The number of halogens is 2. The molecule has 8 heteroatoms. The Kier molecular flexibility index (Phi) is 7.10. The van der Waals surface area contributed by atoms with Gasteiger partial charge in [-0.2, -0.15) is 0 Å². The van der Waals surface area contributed by atoms with Gasteiger partial charge in [0.05, 0.1) is 16.5 Å². The maximum Gasteiger partial charge on any atom is 0.266 e. The van der Waals surface area contributed by atoms with Crippen LogP contribution in [0.4, 0.5) is 4.39 Å². The van der Waals surface area contributed by atoms with Crippen molar-refractivity contribution in [3.8, 4) is 11.5 Å². The molecule has 1 saturated heterocycles. The molecule has 1 amide bonds. The predicted molar refractivity (Wildman–Crippen MR) is 122 cm³/mol. The van der Waals surface area contributed by atoms with Crippen LogP contribution in [0.3, 0.4) is 0 Å². The standard InChI is InChI=1S/C21H17BrFNO3S2/c1-3-8-24-20(25)18(29-21(24)28)11-14-9-16(22)19(17(10-14)26-2)27-12-13-4-6-15(23)7-5-13/h3-7,9-11H,1,8,12H2,2H3/b18-11+. The Labute approximate surface area is 186 Å². The molecule has 1 fully saturated rings. The molecule has 0 saturated carbocycles. The fourth-order valence-corrected chi connectivity index (χ4v) is 4.49. The minimum atomic E-state index is -0.296. The Morgan fingerprint density at radius 3 is 2.69 bits per heavy atom. The summed E-state index contributed by atoms with van der Waals surface area (Å²) in [5, 5.41) is 0. The van der Waals surface area contributed by atoms with Gasteiger partial charge in [0, 0.05) is 6.54 Å². The number of nitrogens with zero attached hydrogens (tertiary/aromatic N) is 1. The molecule has 0 spiro atoms. The van der Waals surface area contributed by atoms with Crippen LogP contribution in [0.25, 0.3) is 6.08 Å². The van der Waals surface area contributed by atoms with E-state index >= 15 is 0 Å². The molecule has 150 valence electrons. The number of hydrogen-bond acceptors (Lipinski definition) is 5. The lowest BCUT2D eigenvalue weighted by atomic mass is 10.1. The van der Waals surface area contributed by atoms with Crippen LogP contribution in [-0.4, -0.2) is 28.8 Å². The first-order chi connectivity index (χ1) is 13.9. The molecular formula is C21H17BrFNO3S2. The highest BCUT2D eigenvalue weighted by Crippen LogP contribution is 2.39. The number of rotatable bonds is 7. The first-order valence-electron chi connectivity index (χ1n) is 8.54. The number of methoxy groups -OCH3 is 1. The van der Waals surface area contributed by atoms with Crippen LogP contribution in [0, 0.1) is 5.82 Å². The van der Waals surface area contributed by atoms with Crippen LogP contribution in [-0.2, 0) is 11.4 Å². The maximum atomic E-state index is 13.0. The van der Waals surface area contributed by atoms with Gasteiger partial charge < -0.3 is 9.47 Å². The molecule has 1 aliphatic heterocycles. The summed E-state index contributed by atoms with van der Waals surface area (Å²) in [6.45, 7) is 4.29. The second kappa shape index (κ2) is 9.56. The molecule has 3 rings (SSSR count). The van der Waals surface area contributed by atoms with Gasteiger partial charge in [-0.05, 0) is 57.4 Å². The molecule has 0 radical (unpaired) electrons. The van der Waals surface area contributed by atoms with Crippen molar-refractivity contribution in [1.29, 1.82) is 0 Å². The summed E-state index contributed by atoms with van der Waals surface area (Å²) in [5.41, 5.74) is 1.59. The molecule has 0 N–H and O–H groups in total. The molecule has 0 atom stereocenters. The molecule has 29 heavy (non-hydrogen) atoms. The van der Waals surface area contributed by atoms with E-state index in [1.807, 2.05) is 6.07 Å². The third-order valence-corrected chi connectivity index (χ3v) is 6.00. The van der Waals surface area contributed by atoms with Gasteiger partial charge in [-0.3, -0.25) is 9.69 Å². The van der Waals surface area contributed by atoms with Gasteiger partial charge in [-0.15, -0.1) is 6.58 Å². The smallest absolute Gasteiger partial charge is 0.266 e. The molecule has 1 heterocycles. The number of hydrogen-bond donors (Lipinski definition) is 0. The van der Waals surface area contributed by atoms with E-state index in [1.165, 1.54) is 28.8 Å². The zero-order chi connectivity index (χ0) is 21.0. The Morgan fingerprint density at radius 2 is 2.03 bits per heavy atom. The lowest BCUT2D eigenvalue weighted by Crippen LogP contribution is -2.27. The van der Waals surface area contributed by atoms with Crippen LogP contribution in [0.15, 0.2) is 58.4 Å².